The van der Waals surface area contributed by atoms with E-state index in [4.69, 9.17) is 12.2 Å². The van der Waals surface area contributed by atoms with Crippen molar-refractivity contribution >= 4 is 52.2 Å². The third-order valence-corrected chi connectivity index (χ3v) is 4.71. The summed E-state index contributed by atoms with van der Waals surface area (Å²) in [6.45, 7) is 0. The van der Waals surface area contributed by atoms with Gasteiger partial charge in [0.15, 0.2) is 0 Å². The maximum Gasteiger partial charge on any atom is 0.266 e. The number of carbonyl (C=O) groups excluding carboxylic acids is 3. The number of thioether (sulfide) groups is 1. The summed E-state index contributed by atoms with van der Waals surface area (Å²) in [4.78, 5) is 35.4. The van der Waals surface area contributed by atoms with Crippen molar-refractivity contribution in [1.82, 2.24) is 4.90 Å². The standard InChI is InChI=1S/C17H15NO5S2/c19-14(20)10-9-12(16(22)23)18-15(21)13(25-17(18)24)8-4-7-11-5-2-1-3-6-11/h1-8,12H,9-10H2,(H,19,20)(H,22,23)/p-2/b7-4+,13-8-/t12-/m0/s1. The molecule has 1 aromatic carbocycles. The molecule has 0 spiro atoms. The number of aliphatic carboxylic acids is 2. The lowest BCUT2D eigenvalue weighted by Gasteiger charge is -2.27. The molecule has 0 bridgehead atoms. The first-order chi connectivity index (χ1) is 11.9. The Kier molecular flexibility index (Phi) is 6.49. The van der Waals surface area contributed by atoms with Gasteiger partial charge < -0.3 is 19.8 Å². The van der Waals surface area contributed by atoms with Crippen molar-refractivity contribution in [2.24, 2.45) is 0 Å². The number of benzene rings is 1. The Balaban J connectivity index is 2.14. The molecule has 0 aliphatic carbocycles. The Hall–Kier alpha value is -2.45. The molecule has 0 aromatic heterocycles. The summed E-state index contributed by atoms with van der Waals surface area (Å²) in [5.41, 5.74) is 0.941. The first-order valence-electron chi connectivity index (χ1n) is 7.29. The number of carboxylic acid groups (broad SMARTS) is 2. The van der Waals surface area contributed by atoms with Crippen LogP contribution in [-0.2, 0) is 14.4 Å². The molecule has 0 radical (unpaired) electrons. The van der Waals surface area contributed by atoms with E-state index in [9.17, 15) is 24.6 Å². The van der Waals surface area contributed by atoms with Gasteiger partial charge in [0, 0.05) is 5.97 Å². The van der Waals surface area contributed by atoms with Gasteiger partial charge in [0.1, 0.15) is 4.32 Å². The molecule has 1 saturated heterocycles. The van der Waals surface area contributed by atoms with Gasteiger partial charge in [0.25, 0.3) is 5.91 Å². The summed E-state index contributed by atoms with van der Waals surface area (Å²) in [5.74, 6) is -3.54. The quantitative estimate of drug-likeness (QED) is 0.492. The minimum Gasteiger partial charge on any atom is -0.550 e. The van der Waals surface area contributed by atoms with Gasteiger partial charge in [-0.2, -0.15) is 0 Å². The summed E-state index contributed by atoms with van der Waals surface area (Å²) >= 11 is 6.02. The number of carboxylic acids is 2. The minimum atomic E-state index is -1.56. The van der Waals surface area contributed by atoms with E-state index in [0.29, 0.717) is 0 Å². The molecule has 1 atom stereocenters. The van der Waals surface area contributed by atoms with Crippen LogP contribution in [0.15, 0.2) is 47.4 Å². The molecule has 0 N–H and O–H groups in total. The molecule has 1 heterocycles. The zero-order valence-electron chi connectivity index (χ0n) is 12.9. The molecular formula is C17H13NO5S2-2. The lowest BCUT2D eigenvalue weighted by molar-refractivity contribution is -0.311. The average Bonchev–Trinajstić information content (AvgIpc) is 2.83. The molecular weight excluding hydrogens is 362 g/mol. The van der Waals surface area contributed by atoms with E-state index >= 15 is 0 Å². The van der Waals surface area contributed by atoms with Crippen LogP contribution < -0.4 is 10.2 Å². The Labute approximate surface area is 153 Å². The van der Waals surface area contributed by atoms with Crippen LogP contribution in [-0.4, -0.2) is 33.1 Å². The zero-order chi connectivity index (χ0) is 18.4. The highest BCUT2D eigenvalue weighted by atomic mass is 32.2. The van der Waals surface area contributed by atoms with Gasteiger partial charge in [-0.15, -0.1) is 0 Å². The summed E-state index contributed by atoms with van der Waals surface area (Å²) in [6, 6.07) is 7.98. The molecule has 0 saturated carbocycles. The molecule has 1 aliphatic rings. The molecule has 1 aromatic rings. The Morgan fingerprint density at radius 1 is 1.24 bits per heavy atom. The van der Waals surface area contributed by atoms with Crippen molar-refractivity contribution in [1.29, 1.82) is 0 Å². The largest absolute Gasteiger partial charge is 0.550 e. The van der Waals surface area contributed by atoms with E-state index in [0.717, 1.165) is 22.2 Å². The zero-order valence-corrected chi connectivity index (χ0v) is 14.5. The first kappa shape index (κ1) is 18.9. The van der Waals surface area contributed by atoms with Gasteiger partial charge >= 0.3 is 0 Å². The number of amides is 1. The van der Waals surface area contributed by atoms with E-state index in [1.165, 1.54) is 6.08 Å². The number of nitrogens with zero attached hydrogens (tertiary/aromatic N) is 1. The first-order valence-corrected chi connectivity index (χ1v) is 8.52. The summed E-state index contributed by atoms with van der Waals surface area (Å²) < 4.78 is 0.0527. The molecule has 2 rings (SSSR count). The molecule has 0 unspecified atom stereocenters. The molecule has 6 nitrogen and oxygen atoms in total. The molecule has 1 aliphatic heterocycles. The summed E-state index contributed by atoms with van der Waals surface area (Å²) in [6.07, 6.45) is 4.15. The van der Waals surface area contributed by atoms with Gasteiger partial charge in [-0.05, 0) is 24.5 Å². The van der Waals surface area contributed by atoms with Crippen LogP contribution >= 0.6 is 24.0 Å². The highest BCUT2D eigenvalue weighted by Gasteiger charge is 2.37. The average molecular weight is 375 g/mol. The van der Waals surface area contributed by atoms with Crippen molar-refractivity contribution < 1.29 is 24.6 Å². The van der Waals surface area contributed by atoms with Gasteiger partial charge in [-0.3, -0.25) is 9.69 Å². The minimum absolute atomic E-state index is 0.0527. The third-order valence-electron chi connectivity index (χ3n) is 3.37. The van der Waals surface area contributed by atoms with Crippen LogP contribution in [0, 0.1) is 0 Å². The van der Waals surface area contributed by atoms with Gasteiger partial charge in [0.2, 0.25) is 0 Å². The third kappa shape index (κ3) is 5.01. The van der Waals surface area contributed by atoms with Crippen LogP contribution in [0.3, 0.4) is 0 Å². The highest BCUT2D eigenvalue weighted by Crippen LogP contribution is 2.33. The van der Waals surface area contributed by atoms with Gasteiger partial charge in [-0.25, -0.2) is 0 Å². The summed E-state index contributed by atoms with van der Waals surface area (Å²) in [5, 5.41) is 21.8. The van der Waals surface area contributed by atoms with Crippen LogP contribution in [0.25, 0.3) is 6.08 Å². The van der Waals surface area contributed by atoms with E-state index in [1.807, 2.05) is 30.3 Å². The summed E-state index contributed by atoms with van der Waals surface area (Å²) in [7, 11) is 0. The van der Waals surface area contributed by atoms with Crippen LogP contribution in [0.4, 0.5) is 0 Å². The SMILES string of the molecule is O=C([O-])CC[C@@H](C(=O)[O-])N1C(=O)/C(=C/C=C/c2ccccc2)SC1=S. The van der Waals surface area contributed by atoms with Crippen molar-refractivity contribution in [3.05, 3.63) is 53.0 Å². The fraction of sp³-hybridized carbons (Fsp3) is 0.176. The molecule has 130 valence electrons. The highest BCUT2D eigenvalue weighted by molar-refractivity contribution is 8.26. The van der Waals surface area contributed by atoms with Crippen LogP contribution in [0.1, 0.15) is 18.4 Å². The van der Waals surface area contributed by atoms with Gasteiger partial charge in [-0.1, -0.05) is 66.5 Å². The molecule has 8 heteroatoms. The lowest BCUT2D eigenvalue weighted by Crippen LogP contribution is -2.50. The number of rotatable bonds is 7. The Morgan fingerprint density at radius 2 is 1.92 bits per heavy atom. The van der Waals surface area contributed by atoms with Crippen molar-refractivity contribution in [2.45, 2.75) is 18.9 Å². The predicted molar refractivity (Wildman–Crippen MR) is 93.6 cm³/mol. The molecule has 25 heavy (non-hydrogen) atoms. The van der Waals surface area contributed by atoms with E-state index < -0.39 is 30.3 Å². The van der Waals surface area contributed by atoms with E-state index in [1.54, 1.807) is 12.2 Å². The second-order valence-corrected chi connectivity index (χ2v) is 6.77. The second kappa shape index (κ2) is 8.59. The van der Waals surface area contributed by atoms with Crippen LogP contribution in [0.2, 0.25) is 0 Å². The number of hydrogen-bond donors (Lipinski definition) is 0. The Morgan fingerprint density at radius 3 is 2.52 bits per heavy atom. The maximum absolute atomic E-state index is 12.4. The van der Waals surface area contributed by atoms with Crippen molar-refractivity contribution in [3.8, 4) is 0 Å². The van der Waals surface area contributed by atoms with Crippen molar-refractivity contribution in [3.63, 3.8) is 0 Å². The van der Waals surface area contributed by atoms with E-state index in [-0.39, 0.29) is 15.6 Å². The monoisotopic (exact) mass is 375 g/mol. The van der Waals surface area contributed by atoms with Gasteiger partial charge in [0.05, 0.1) is 16.9 Å². The fourth-order valence-electron chi connectivity index (χ4n) is 2.18. The Bertz CT molecular complexity index is 758. The van der Waals surface area contributed by atoms with E-state index in [2.05, 4.69) is 0 Å². The topological polar surface area (TPSA) is 101 Å². The second-order valence-electron chi connectivity index (χ2n) is 5.09. The molecule has 1 fully saturated rings. The van der Waals surface area contributed by atoms with Crippen molar-refractivity contribution in [2.75, 3.05) is 0 Å². The number of thiocarbonyl (C=S) groups is 1. The lowest BCUT2D eigenvalue weighted by atomic mass is 10.1. The number of allylic oxidation sites excluding steroid dienone is 2. The van der Waals surface area contributed by atoms with Crippen LogP contribution in [0.5, 0.6) is 0 Å². The smallest absolute Gasteiger partial charge is 0.266 e. The normalized spacial score (nSPS) is 17.4. The molecule has 1 amide bonds. The predicted octanol–water partition coefficient (Wildman–Crippen LogP) is 0.0926. The fourth-order valence-corrected chi connectivity index (χ4v) is 3.49. The maximum atomic E-state index is 12.4. The number of hydrogen-bond acceptors (Lipinski definition) is 7. The number of carbonyl (C=O) groups is 3.